The fourth-order valence-corrected chi connectivity index (χ4v) is 1.44. The number of ether oxygens (including phenoxy) is 1. The van der Waals surface area contributed by atoms with Gasteiger partial charge in [0.25, 0.3) is 6.01 Å². The molecule has 0 spiro atoms. The summed E-state index contributed by atoms with van der Waals surface area (Å²) >= 11 is 0. The molecule has 1 aromatic heterocycles. The van der Waals surface area contributed by atoms with Crippen molar-refractivity contribution < 1.29 is 4.74 Å². The minimum absolute atomic E-state index is 0.538. The quantitative estimate of drug-likeness (QED) is 0.663. The van der Waals surface area contributed by atoms with Crippen molar-refractivity contribution in [1.82, 2.24) is 9.55 Å². The predicted molar refractivity (Wildman–Crippen MR) is 44.8 cm³/mol. The van der Waals surface area contributed by atoms with E-state index in [1.807, 2.05) is 0 Å². The van der Waals surface area contributed by atoms with Crippen LogP contribution in [0.3, 0.4) is 0 Å². The Kier molecular flexibility index (Phi) is 1.99. The van der Waals surface area contributed by atoms with Gasteiger partial charge in [0.15, 0.2) is 0 Å². The largest absolute Gasteiger partial charge is 0.465 e. The van der Waals surface area contributed by atoms with Crippen LogP contribution in [0.15, 0.2) is 6.20 Å². The van der Waals surface area contributed by atoms with E-state index in [2.05, 4.69) is 9.55 Å². The van der Waals surface area contributed by atoms with Crippen LogP contribution >= 0.6 is 0 Å². The summed E-state index contributed by atoms with van der Waals surface area (Å²) in [5, 5.41) is 0. The van der Waals surface area contributed by atoms with Gasteiger partial charge in [-0.25, -0.2) is 4.98 Å². The number of aromatic nitrogens is 2. The van der Waals surface area contributed by atoms with Gasteiger partial charge in [0.05, 0.1) is 18.5 Å². The van der Waals surface area contributed by atoms with Crippen molar-refractivity contribution in [2.75, 3.05) is 6.61 Å². The molecule has 0 fully saturated rings. The van der Waals surface area contributed by atoms with Crippen LogP contribution in [0, 0.1) is 0 Å². The molecule has 66 valence electrons. The second kappa shape index (κ2) is 3.15. The van der Waals surface area contributed by atoms with Gasteiger partial charge in [0, 0.05) is 13.1 Å². The SMILES string of the molecule is NCc1cnc2n1CCCCO2. The molecule has 0 bridgehead atoms. The minimum Gasteiger partial charge on any atom is -0.465 e. The summed E-state index contributed by atoms with van der Waals surface area (Å²) in [5.74, 6) is 0. The molecule has 1 aliphatic heterocycles. The molecule has 2 rings (SSSR count). The molecule has 4 heteroatoms. The van der Waals surface area contributed by atoms with Crippen LogP contribution in [0.1, 0.15) is 18.5 Å². The molecule has 2 N–H and O–H groups in total. The molecule has 2 heterocycles. The maximum absolute atomic E-state index is 5.55. The summed E-state index contributed by atoms with van der Waals surface area (Å²) in [7, 11) is 0. The molecule has 1 aromatic rings. The van der Waals surface area contributed by atoms with Crippen LogP contribution in [0.5, 0.6) is 6.01 Å². The van der Waals surface area contributed by atoms with Gasteiger partial charge in [-0.05, 0) is 12.8 Å². The normalized spacial score (nSPS) is 16.4. The molecule has 0 saturated carbocycles. The van der Waals surface area contributed by atoms with Gasteiger partial charge < -0.3 is 10.5 Å². The molecule has 0 amide bonds. The van der Waals surface area contributed by atoms with Crippen LogP contribution < -0.4 is 10.5 Å². The first-order chi connectivity index (χ1) is 5.92. The van der Waals surface area contributed by atoms with E-state index < -0.39 is 0 Å². The molecule has 12 heavy (non-hydrogen) atoms. The molecule has 0 aliphatic carbocycles. The highest BCUT2D eigenvalue weighted by atomic mass is 16.5. The first-order valence-electron chi connectivity index (χ1n) is 4.29. The van der Waals surface area contributed by atoms with Crippen LogP contribution in [0.25, 0.3) is 0 Å². The van der Waals surface area contributed by atoms with Crippen molar-refractivity contribution in [3.8, 4) is 6.01 Å². The topological polar surface area (TPSA) is 53.1 Å². The van der Waals surface area contributed by atoms with E-state index in [0.717, 1.165) is 37.7 Å². The highest BCUT2D eigenvalue weighted by Crippen LogP contribution is 2.17. The summed E-state index contributed by atoms with van der Waals surface area (Å²) < 4.78 is 7.49. The van der Waals surface area contributed by atoms with E-state index in [4.69, 9.17) is 10.5 Å². The van der Waals surface area contributed by atoms with Crippen LogP contribution in [-0.2, 0) is 13.1 Å². The minimum atomic E-state index is 0.538. The Morgan fingerprint density at radius 1 is 1.58 bits per heavy atom. The summed E-state index contributed by atoms with van der Waals surface area (Å²) in [6, 6.07) is 0.730. The summed E-state index contributed by atoms with van der Waals surface area (Å²) in [4.78, 5) is 4.15. The Labute approximate surface area is 71.3 Å². The lowest BCUT2D eigenvalue weighted by Gasteiger charge is -2.04. The number of hydrogen-bond donors (Lipinski definition) is 1. The number of hydrogen-bond acceptors (Lipinski definition) is 3. The van der Waals surface area contributed by atoms with Crippen molar-refractivity contribution in [3.63, 3.8) is 0 Å². The fourth-order valence-electron chi connectivity index (χ4n) is 1.44. The lowest BCUT2D eigenvalue weighted by atomic mass is 10.3. The number of nitrogens with zero attached hydrogens (tertiary/aromatic N) is 2. The highest BCUT2D eigenvalue weighted by molar-refractivity contribution is 5.10. The number of imidazole rings is 1. The highest BCUT2D eigenvalue weighted by Gasteiger charge is 2.12. The van der Waals surface area contributed by atoms with Crippen LogP contribution in [0.4, 0.5) is 0 Å². The molecule has 1 aliphatic rings. The zero-order chi connectivity index (χ0) is 8.39. The van der Waals surface area contributed by atoms with E-state index in [1.165, 1.54) is 0 Å². The molecule has 4 nitrogen and oxygen atoms in total. The Morgan fingerprint density at radius 3 is 3.33 bits per heavy atom. The fraction of sp³-hybridized carbons (Fsp3) is 0.625. The summed E-state index contributed by atoms with van der Waals surface area (Å²) in [6.07, 6.45) is 4.05. The maximum atomic E-state index is 5.55. The third-order valence-electron chi connectivity index (χ3n) is 2.12. The average molecular weight is 167 g/mol. The standard InChI is InChI=1S/C8H13N3O/c9-5-7-6-10-8-11(7)3-1-2-4-12-8/h6H,1-5,9H2. The van der Waals surface area contributed by atoms with Crippen molar-refractivity contribution in [1.29, 1.82) is 0 Å². The first-order valence-corrected chi connectivity index (χ1v) is 4.29. The zero-order valence-corrected chi connectivity index (χ0v) is 6.99. The zero-order valence-electron chi connectivity index (χ0n) is 6.99. The van der Waals surface area contributed by atoms with Crippen molar-refractivity contribution in [3.05, 3.63) is 11.9 Å². The smallest absolute Gasteiger partial charge is 0.296 e. The molecule has 0 unspecified atom stereocenters. The molecular weight excluding hydrogens is 154 g/mol. The van der Waals surface area contributed by atoms with Crippen LogP contribution in [-0.4, -0.2) is 16.2 Å². The Balaban J connectivity index is 2.32. The van der Waals surface area contributed by atoms with Gasteiger partial charge in [-0.2, -0.15) is 0 Å². The van der Waals surface area contributed by atoms with E-state index in [-0.39, 0.29) is 0 Å². The second-order valence-electron chi connectivity index (χ2n) is 2.94. The summed E-state index contributed by atoms with van der Waals surface area (Å²) in [5.41, 5.74) is 6.61. The maximum Gasteiger partial charge on any atom is 0.296 e. The van der Waals surface area contributed by atoms with Gasteiger partial charge in [-0.15, -0.1) is 0 Å². The number of nitrogens with two attached hydrogens (primary N) is 1. The Bertz CT molecular complexity index is 269. The van der Waals surface area contributed by atoms with E-state index >= 15 is 0 Å². The van der Waals surface area contributed by atoms with Crippen LogP contribution in [0.2, 0.25) is 0 Å². The molecule has 0 aromatic carbocycles. The first kappa shape index (κ1) is 7.61. The van der Waals surface area contributed by atoms with Gasteiger partial charge in [0.2, 0.25) is 0 Å². The van der Waals surface area contributed by atoms with E-state index in [0.29, 0.717) is 6.54 Å². The van der Waals surface area contributed by atoms with E-state index in [9.17, 15) is 0 Å². The monoisotopic (exact) mass is 167 g/mol. The number of rotatable bonds is 1. The lowest BCUT2D eigenvalue weighted by molar-refractivity contribution is 0.294. The molecule has 0 radical (unpaired) electrons. The van der Waals surface area contributed by atoms with Gasteiger partial charge >= 0.3 is 0 Å². The third kappa shape index (κ3) is 1.18. The molecule has 0 saturated heterocycles. The third-order valence-corrected chi connectivity index (χ3v) is 2.12. The second-order valence-corrected chi connectivity index (χ2v) is 2.94. The Hall–Kier alpha value is -1.03. The lowest BCUT2D eigenvalue weighted by Crippen LogP contribution is -2.07. The average Bonchev–Trinajstić information content (AvgIpc) is 2.33. The van der Waals surface area contributed by atoms with Crippen molar-refractivity contribution in [2.24, 2.45) is 5.73 Å². The predicted octanol–water partition coefficient (Wildman–Crippen LogP) is 0.514. The van der Waals surface area contributed by atoms with Gasteiger partial charge in [-0.3, -0.25) is 4.57 Å². The van der Waals surface area contributed by atoms with Gasteiger partial charge in [0.1, 0.15) is 0 Å². The molecular formula is C8H13N3O. The van der Waals surface area contributed by atoms with Crippen molar-refractivity contribution in [2.45, 2.75) is 25.9 Å². The van der Waals surface area contributed by atoms with Gasteiger partial charge in [-0.1, -0.05) is 0 Å². The number of fused-ring (bicyclic) bond motifs is 1. The van der Waals surface area contributed by atoms with Crippen molar-refractivity contribution >= 4 is 0 Å². The van der Waals surface area contributed by atoms with E-state index in [1.54, 1.807) is 6.20 Å². The summed E-state index contributed by atoms with van der Waals surface area (Å²) in [6.45, 7) is 2.30. The Morgan fingerprint density at radius 2 is 2.50 bits per heavy atom. The molecule has 0 atom stereocenters.